The van der Waals surface area contributed by atoms with Gasteiger partial charge in [-0.2, -0.15) is 0 Å². The Morgan fingerprint density at radius 2 is 1.48 bits per heavy atom. The maximum Gasteiger partial charge on any atom is 0.204 e. The lowest BCUT2D eigenvalue weighted by molar-refractivity contribution is -0.0707. The molecule has 3 N–H and O–H groups in total. The lowest BCUT2D eigenvalue weighted by atomic mass is 9.91. The molecule has 0 aliphatic heterocycles. The van der Waals surface area contributed by atoms with E-state index in [-0.39, 0.29) is 32.7 Å². The highest BCUT2D eigenvalue weighted by Crippen LogP contribution is 2.26. The van der Waals surface area contributed by atoms with Crippen LogP contribution < -0.4 is 0 Å². The van der Waals surface area contributed by atoms with Gasteiger partial charge in [0.1, 0.15) is 0 Å². The van der Waals surface area contributed by atoms with Crippen LogP contribution in [0.2, 0.25) is 0 Å². The van der Waals surface area contributed by atoms with E-state index in [2.05, 4.69) is 12.1 Å². The van der Waals surface area contributed by atoms with Crippen molar-refractivity contribution in [2.75, 3.05) is 26.4 Å². The Morgan fingerprint density at radius 3 is 1.96 bits per heavy atom. The van der Waals surface area contributed by atoms with Gasteiger partial charge >= 0.3 is 0 Å². The molecule has 150 valence electrons. The molecule has 0 amide bonds. The molecule has 0 aromatic carbocycles. The van der Waals surface area contributed by atoms with Crippen molar-refractivity contribution >= 4 is 0 Å². The first-order valence-electron chi connectivity index (χ1n) is 10.0. The highest BCUT2D eigenvalue weighted by Gasteiger charge is 2.37. The van der Waals surface area contributed by atoms with Crippen LogP contribution in [0.3, 0.4) is 0 Å². The summed E-state index contributed by atoms with van der Waals surface area (Å²) in [7, 11) is 0. The summed E-state index contributed by atoms with van der Waals surface area (Å²) in [5.41, 5.74) is -1.87. The van der Waals surface area contributed by atoms with Crippen molar-refractivity contribution in [1.82, 2.24) is 0 Å². The SMILES string of the molecule is CCCCCCCCCCCCOCC(CCO)C(O)(CCO)N=O. The fourth-order valence-electron chi connectivity index (χ4n) is 3.01. The molecule has 6 nitrogen and oxygen atoms in total. The van der Waals surface area contributed by atoms with Crippen molar-refractivity contribution in [2.45, 2.75) is 89.7 Å². The van der Waals surface area contributed by atoms with Crippen molar-refractivity contribution in [3.8, 4) is 0 Å². The minimum atomic E-state index is -1.87. The van der Waals surface area contributed by atoms with Gasteiger partial charge in [-0.3, -0.25) is 0 Å². The van der Waals surface area contributed by atoms with Crippen LogP contribution in [-0.2, 0) is 4.74 Å². The summed E-state index contributed by atoms with van der Waals surface area (Å²) in [6.45, 7) is 2.49. The van der Waals surface area contributed by atoms with E-state index in [1.165, 1.54) is 51.4 Å². The molecule has 6 heteroatoms. The molecule has 2 atom stereocenters. The van der Waals surface area contributed by atoms with E-state index in [4.69, 9.17) is 14.9 Å². The molecular formula is C19H39NO5. The minimum Gasteiger partial charge on any atom is -0.396 e. The first kappa shape index (κ1) is 24.4. The average molecular weight is 362 g/mol. The summed E-state index contributed by atoms with van der Waals surface area (Å²) in [4.78, 5) is 10.9. The Hall–Kier alpha value is -0.560. The van der Waals surface area contributed by atoms with Gasteiger partial charge in [0.2, 0.25) is 5.72 Å². The van der Waals surface area contributed by atoms with Crippen molar-refractivity contribution in [2.24, 2.45) is 11.1 Å². The lowest BCUT2D eigenvalue weighted by Crippen LogP contribution is -2.40. The van der Waals surface area contributed by atoms with Crippen LogP contribution in [0.5, 0.6) is 0 Å². The van der Waals surface area contributed by atoms with E-state index in [1.54, 1.807) is 0 Å². The summed E-state index contributed by atoms with van der Waals surface area (Å²) >= 11 is 0. The average Bonchev–Trinajstić information content (AvgIpc) is 2.61. The first-order chi connectivity index (χ1) is 12.1. The molecule has 0 heterocycles. The van der Waals surface area contributed by atoms with Gasteiger partial charge in [0.15, 0.2) is 0 Å². The molecule has 0 radical (unpaired) electrons. The molecular weight excluding hydrogens is 322 g/mol. The largest absolute Gasteiger partial charge is 0.396 e. The summed E-state index contributed by atoms with van der Waals surface area (Å²) < 4.78 is 5.56. The van der Waals surface area contributed by atoms with E-state index in [0.29, 0.717) is 6.61 Å². The second kappa shape index (κ2) is 16.9. The standard InChI is InChI=1S/C19H39NO5/c1-2-3-4-5-6-7-8-9-10-11-16-25-17-18(12-14-21)19(23,20-24)13-15-22/h18,21-23H,2-17H2,1H3. The molecule has 0 aliphatic rings. The van der Waals surface area contributed by atoms with Crippen molar-refractivity contribution in [1.29, 1.82) is 0 Å². The number of aliphatic hydroxyl groups excluding tert-OH is 2. The number of hydrogen-bond donors (Lipinski definition) is 3. The highest BCUT2D eigenvalue weighted by atomic mass is 16.5. The molecule has 0 fully saturated rings. The molecule has 0 bridgehead atoms. The number of aliphatic hydroxyl groups is 3. The van der Waals surface area contributed by atoms with Crippen LogP contribution in [-0.4, -0.2) is 47.5 Å². The van der Waals surface area contributed by atoms with Crippen LogP contribution in [0, 0.1) is 10.8 Å². The number of unbranched alkanes of at least 4 members (excludes halogenated alkanes) is 9. The first-order valence-corrected chi connectivity index (χ1v) is 10.0. The number of ether oxygens (including phenoxy) is 1. The molecule has 0 aromatic heterocycles. The third kappa shape index (κ3) is 12.4. The smallest absolute Gasteiger partial charge is 0.204 e. The number of nitrogens with zero attached hydrogens (tertiary/aromatic N) is 1. The molecule has 2 unspecified atom stereocenters. The van der Waals surface area contributed by atoms with Crippen molar-refractivity contribution in [3.05, 3.63) is 4.91 Å². The normalized spacial score (nSPS) is 15.0. The topological polar surface area (TPSA) is 99.3 Å². The van der Waals surface area contributed by atoms with Crippen LogP contribution in [0.15, 0.2) is 5.18 Å². The van der Waals surface area contributed by atoms with E-state index in [9.17, 15) is 10.0 Å². The number of nitroso groups, excluding NO2 is 1. The van der Waals surface area contributed by atoms with Crippen LogP contribution in [0.4, 0.5) is 0 Å². The Bertz CT molecular complexity index is 304. The minimum absolute atomic E-state index is 0.136. The molecule has 0 saturated carbocycles. The molecule has 0 aromatic rings. The third-order valence-corrected chi connectivity index (χ3v) is 4.73. The van der Waals surface area contributed by atoms with Gasteiger partial charge < -0.3 is 20.1 Å². The quantitative estimate of drug-likeness (QED) is 0.240. The molecule has 0 spiro atoms. The zero-order chi connectivity index (χ0) is 18.8. The van der Waals surface area contributed by atoms with Gasteiger partial charge in [0.25, 0.3) is 0 Å². The maximum absolute atomic E-state index is 10.9. The monoisotopic (exact) mass is 361 g/mol. The van der Waals surface area contributed by atoms with E-state index >= 15 is 0 Å². The summed E-state index contributed by atoms with van der Waals surface area (Å²) in [5.74, 6) is -0.592. The van der Waals surface area contributed by atoms with Gasteiger partial charge in [0, 0.05) is 32.2 Å². The zero-order valence-electron chi connectivity index (χ0n) is 16.0. The molecule has 0 saturated heterocycles. The van der Waals surface area contributed by atoms with Gasteiger partial charge in [0.05, 0.1) is 6.61 Å². The molecule has 0 aliphatic carbocycles. The predicted molar refractivity (Wildman–Crippen MR) is 100 cm³/mol. The van der Waals surface area contributed by atoms with Crippen LogP contribution >= 0.6 is 0 Å². The number of rotatable bonds is 19. The predicted octanol–water partition coefficient (Wildman–Crippen LogP) is 3.76. The Labute approximate surface area is 152 Å². The highest BCUT2D eigenvalue weighted by molar-refractivity contribution is 4.83. The van der Waals surface area contributed by atoms with E-state index in [1.807, 2.05) is 0 Å². The van der Waals surface area contributed by atoms with E-state index < -0.39 is 11.6 Å². The summed E-state index contributed by atoms with van der Waals surface area (Å²) in [5, 5.41) is 31.0. The Kier molecular flexibility index (Phi) is 16.5. The van der Waals surface area contributed by atoms with E-state index in [0.717, 1.165) is 12.8 Å². The van der Waals surface area contributed by atoms with Crippen LogP contribution in [0.1, 0.15) is 84.0 Å². The Balaban J connectivity index is 3.70. The molecule has 25 heavy (non-hydrogen) atoms. The lowest BCUT2D eigenvalue weighted by Gasteiger charge is -2.28. The van der Waals surface area contributed by atoms with Gasteiger partial charge in [-0.1, -0.05) is 64.7 Å². The zero-order valence-corrected chi connectivity index (χ0v) is 16.0. The molecule has 0 rings (SSSR count). The Morgan fingerprint density at radius 1 is 0.920 bits per heavy atom. The third-order valence-electron chi connectivity index (χ3n) is 4.73. The summed E-state index contributed by atoms with van der Waals surface area (Å²) in [6, 6.07) is 0. The van der Waals surface area contributed by atoms with Gasteiger partial charge in [-0.05, 0) is 18.0 Å². The fourth-order valence-corrected chi connectivity index (χ4v) is 3.01. The van der Waals surface area contributed by atoms with Crippen molar-refractivity contribution < 1.29 is 20.1 Å². The summed E-state index contributed by atoms with van der Waals surface area (Å²) in [6.07, 6.45) is 12.6. The fraction of sp³-hybridized carbons (Fsp3) is 1.00. The maximum atomic E-state index is 10.9. The second-order valence-electron chi connectivity index (χ2n) is 6.91. The second-order valence-corrected chi connectivity index (χ2v) is 6.91. The van der Waals surface area contributed by atoms with Gasteiger partial charge in [-0.25, -0.2) is 0 Å². The van der Waals surface area contributed by atoms with Crippen LogP contribution in [0.25, 0.3) is 0 Å². The van der Waals surface area contributed by atoms with Gasteiger partial charge in [-0.15, -0.1) is 4.91 Å². The van der Waals surface area contributed by atoms with Crippen molar-refractivity contribution in [3.63, 3.8) is 0 Å². The number of hydrogen-bond acceptors (Lipinski definition) is 6.